The molecular weight excluding hydrogens is 373 g/mol. The Kier molecular flexibility index (Phi) is 4.18. The van der Waals surface area contributed by atoms with E-state index in [9.17, 15) is 4.39 Å². The fourth-order valence-electron chi connectivity index (χ4n) is 4.28. The van der Waals surface area contributed by atoms with Crippen LogP contribution < -0.4 is 0 Å². The van der Waals surface area contributed by atoms with Crippen LogP contribution in [0, 0.1) is 18.2 Å². The standard InChI is InChI=1S/C27H24FNO/c1-16-12-21-18-8-5-6-11-24(18)30-26(21)22(13-16)25-19-9-7-10-23(28)20(19)14-17(29-25)15-27(2,3)4/h5-14H,15H2,1-4H3. The lowest BCUT2D eigenvalue weighted by Gasteiger charge is -2.19. The molecule has 0 spiro atoms. The van der Waals surface area contributed by atoms with Gasteiger partial charge in [0.25, 0.3) is 0 Å². The number of hydrogen-bond acceptors (Lipinski definition) is 2. The Morgan fingerprint density at radius 1 is 0.867 bits per heavy atom. The molecule has 0 bridgehead atoms. The van der Waals surface area contributed by atoms with Crippen molar-refractivity contribution in [1.82, 2.24) is 4.98 Å². The molecule has 0 aliphatic heterocycles. The zero-order valence-corrected chi connectivity index (χ0v) is 17.7. The van der Waals surface area contributed by atoms with Gasteiger partial charge < -0.3 is 4.42 Å². The van der Waals surface area contributed by atoms with Crippen LogP contribution >= 0.6 is 0 Å². The van der Waals surface area contributed by atoms with E-state index in [4.69, 9.17) is 9.40 Å². The first-order chi connectivity index (χ1) is 14.3. The summed E-state index contributed by atoms with van der Waals surface area (Å²) in [4.78, 5) is 5.03. The Balaban J connectivity index is 1.89. The molecule has 0 radical (unpaired) electrons. The molecule has 0 saturated carbocycles. The van der Waals surface area contributed by atoms with Crippen molar-refractivity contribution in [3.8, 4) is 11.3 Å². The molecule has 0 amide bonds. The smallest absolute Gasteiger partial charge is 0.144 e. The van der Waals surface area contributed by atoms with Gasteiger partial charge in [-0.1, -0.05) is 51.1 Å². The van der Waals surface area contributed by atoms with E-state index < -0.39 is 0 Å². The number of halogens is 1. The van der Waals surface area contributed by atoms with Gasteiger partial charge in [0.05, 0.1) is 5.69 Å². The molecule has 3 aromatic carbocycles. The number of pyridine rings is 1. The quantitative estimate of drug-likeness (QED) is 0.303. The van der Waals surface area contributed by atoms with Crippen molar-refractivity contribution in [3.05, 3.63) is 77.7 Å². The summed E-state index contributed by atoms with van der Waals surface area (Å²) in [5, 5.41) is 3.56. The Labute approximate surface area is 175 Å². The largest absolute Gasteiger partial charge is 0.455 e. The highest BCUT2D eigenvalue weighted by Crippen LogP contribution is 2.39. The number of aryl methyl sites for hydroxylation is 1. The molecular formula is C27H24FNO. The molecule has 5 rings (SSSR count). The average molecular weight is 397 g/mol. The predicted molar refractivity (Wildman–Crippen MR) is 122 cm³/mol. The van der Waals surface area contributed by atoms with E-state index in [1.807, 2.05) is 30.3 Å². The van der Waals surface area contributed by atoms with Gasteiger partial charge in [0, 0.05) is 32.8 Å². The SMILES string of the molecule is Cc1cc(-c2nc(CC(C)(C)C)cc3c(F)cccc23)c2oc3ccccc3c2c1. The molecule has 0 aliphatic carbocycles. The molecule has 0 atom stereocenters. The fraction of sp³-hybridized carbons (Fsp3) is 0.222. The molecule has 2 heterocycles. The third-order valence-electron chi connectivity index (χ3n) is 5.46. The lowest BCUT2D eigenvalue weighted by Crippen LogP contribution is -2.11. The minimum atomic E-state index is -0.222. The molecule has 30 heavy (non-hydrogen) atoms. The summed E-state index contributed by atoms with van der Waals surface area (Å²) >= 11 is 0. The Hall–Kier alpha value is -3.20. The monoisotopic (exact) mass is 397 g/mol. The van der Waals surface area contributed by atoms with Crippen LogP contribution in [0.2, 0.25) is 0 Å². The number of rotatable bonds is 2. The maximum absolute atomic E-state index is 14.8. The van der Waals surface area contributed by atoms with Gasteiger partial charge in [0.1, 0.15) is 17.0 Å². The second-order valence-corrected chi connectivity index (χ2v) is 9.32. The van der Waals surface area contributed by atoms with Crippen LogP contribution in [0.1, 0.15) is 32.0 Å². The first-order valence-corrected chi connectivity index (χ1v) is 10.3. The third kappa shape index (κ3) is 3.15. The maximum atomic E-state index is 14.8. The zero-order chi connectivity index (χ0) is 21.0. The van der Waals surface area contributed by atoms with Crippen molar-refractivity contribution < 1.29 is 8.81 Å². The van der Waals surface area contributed by atoms with E-state index >= 15 is 0 Å². The number of aromatic nitrogens is 1. The van der Waals surface area contributed by atoms with E-state index in [-0.39, 0.29) is 11.2 Å². The van der Waals surface area contributed by atoms with Crippen molar-refractivity contribution >= 4 is 32.7 Å². The van der Waals surface area contributed by atoms with Gasteiger partial charge in [-0.15, -0.1) is 0 Å². The molecule has 0 aliphatic rings. The lowest BCUT2D eigenvalue weighted by molar-refractivity contribution is 0.406. The summed E-state index contributed by atoms with van der Waals surface area (Å²) < 4.78 is 21.1. The van der Waals surface area contributed by atoms with Gasteiger partial charge >= 0.3 is 0 Å². The van der Waals surface area contributed by atoms with E-state index in [0.29, 0.717) is 5.39 Å². The van der Waals surface area contributed by atoms with Crippen molar-refractivity contribution in [1.29, 1.82) is 0 Å². The van der Waals surface area contributed by atoms with Crippen LogP contribution in [0.3, 0.4) is 0 Å². The van der Waals surface area contributed by atoms with Gasteiger partial charge in [-0.3, -0.25) is 4.98 Å². The Morgan fingerprint density at radius 2 is 1.63 bits per heavy atom. The van der Waals surface area contributed by atoms with E-state index in [1.165, 1.54) is 6.07 Å². The summed E-state index contributed by atoms with van der Waals surface area (Å²) in [6.07, 6.45) is 0.763. The Morgan fingerprint density at radius 3 is 2.43 bits per heavy atom. The topological polar surface area (TPSA) is 26.0 Å². The lowest BCUT2D eigenvalue weighted by atomic mass is 9.89. The number of fused-ring (bicyclic) bond motifs is 4. The second kappa shape index (κ2) is 6.66. The summed E-state index contributed by atoms with van der Waals surface area (Å²) in [6, 6.07) is 19.4. The van der Waals surface area contributed by atoms with Crippen LogP contribution in [-0.2, 0) is 6.42 Å². The average Bonchev–Trinajstić information content (AvgIpc) is 3.05. The van der Waals surface area contributed by atoms with Crippen LogP contribution in [0.25, 0.3) is 44.0 Å². The van der Waals surface area contributed by atoms with Crippen LogP contribution in [-0.4, -0.2) is 4.98 Å². The highest BCUT2D eigenvalue weighted by molar-refractivity contribution is 6.11. The zero-order valence-electron chi connectivity index (χ0n) is 17.7. The first kappa shape index (κ1) is 18.8. The molecule has 150 valence electrons. The van der Waals surface area contributed by atoms with Crippen LogP contribution in [0.5, 0.6) is 0 Å². The molecule has 0 N–H and O–H groups in total. The van der Waals surface area contributed by atoms with Gasteiger partial charge in [-0.2, -0.15) is 0 Å². The number of furan rings is 1. The van der Waals surface area contributed by atoms with E-state index in [0.717, 1.165) is 56.3 Å². The molecule has 0 saturated heterocycles. The first-order valence-electron chi connectivity index (χ1n) is 10.3. The summed E-state index contributed by atoms with van der Waals surface area (Å²) in [5.41, 5.74) is 5.39. The predicted octanol–water partition coefficient (Wildman–Crippen LogP) is 7.84. The highest BCUT2D eigenvalue weighted by Gasteiger charge is 2.20. The highest BCUT2D eigenvalue weighted by atomic mass is 19.1. The maximum Gasteiger partial charge on any atom is 0.144 e. The van der Waals surface area contributed by atoms with Crippen LogP contribution in [0.15, 0.2) is 65.1 Å². The molecule has 2 aromatic heterocycles. The summed E-state index contributed by atoms with van der Waals surface area (Å²) in [5.74, 6) is -0.222. The fourth-order valence-corrected chi connectivity index (χ4v) is 4.28. The van der Waals surface area contributed by atoms with Gasteiger partial charge in [-0.05, 0) is 54.7 Å². The Bertz CT molecular complexity index is 1420. The van der Waals surface area contributed by atoms with Gasteiger partial charge in [-0.25, -0.2) is 4.39 Å². The van der Waals surface area contributed by atoms with Crippen molar-refractivity contribution in [2.45, 2.75) is 34.1 Å². The van der Waals surface area contributed by atoms with Crippen molar-refractivity contribution in [2.75, 3.05) is 0 Å². The molecule has 3 heteroatoms. The number of para-hydroxylation sites is 1. The van der Waals surface area contributed by atoms with E-state index in [2.05, 4.69) is 45.9 Å². The summed E-state index contributed by atoms with van der Waals surface area (Å²) in [6.45, 7) is 8.59. The van der Waals surface area contributed by atoms with Crippen molar-refractivity contribution in [2.24, 2.45) is 5.41 Å². The minimum Gasteiger partial charge on any atom is -0.455 e. The van der Waals surface area contributed by atoms with Crippen molar-refractivity contribution in [3.63, 3.8) is 0 Å². The molecule has 5 aromatic rings. The molecule has 0 unspecified atom stereocenters. The molecule has 0 fully saturated rings. The second-order valence-electron chi connectivity index (χ2n) is 9.32. The summed E-state index contributed by atoms with van der Waals surface area (Å²) in [7, 11) is 0. The number of hydrogen-bond donors (Lipinski definition) is 0. The number of benzene rings is 3. The number of nitrogens with zero attached hydrogens (tertiary/aromatic N) is 1. The third-order valence-corrected chi connectivity index (χ3v) is 5.46. The minimum absolute atomic E-state index is 0.0461. The molecule has 2 nitrogen and oxygen atoms in total. The van der Waals surface area contributed by atoms with Gasteiger partial charge in [0.15, 0.2) is 0 Å². The van der Waals surface area contributed by atoms with Crippen LogP contribution in [0.4, 0.5) is 4.39 Å². The van der Waals surface area contributed by atoms with E-state index in [1.54, 1.807) is 6.07 Å². The normalized spacial score (nSPS) is 12.3. The van der Waals surface area contributed by atoms with Gasteiger partial charge in [0.2, 0.25) is 0 Å².